The third-order valence-corrected chi connectivity index (χ3v) is 38.2. The van der Waals surface area contributed by atoms with Crippen LogP contribution in [0.5, 0.6) is 0 Å². The van der Waals surface area contributed by atoms with Gasteiger partial charge >= 0.3 is 23.9 Å². The molecule has 0 unspecified atom stereocenters. The van der Waals surface area contributed by atoms with Crippen LogP contribution in [0, 0.1) is 59.3 Å². The Hall–Kier alpha value is -8.74. The van der Waals surface area contributed by atoms with Crippen LogP contribution in [-0.4, -0.2) is 178 Å². The lowest BCUT2D eigenvalue weighted by Crippen LogP contribution is -2.41. The van der Waals surface area contributed by atoms with Gasteiger partial charge in [-0.15, -0.1) is 36.0 Å². The fourth-order valence-electron chi connectivity index (χ4n) is 12.1. The summed E-state index contributed by atoms with van der Waals surface area (Å²) in [6.45, 7) is 32.5. The topological polar surface area (TPSA) is 509 Å². The summed E-state index contributed by atoms with van der Waals surface area (Å²) in [4.78, 5) is 138. The van der Waals surface area contributed by atoms with Crippen LogP contribution >= 0.6 is 52.6 Å². The van der Waals surface area contributed by atoms with E-state index in [9.17, 15) is 52.7 Å². The Kier molecular flexibility index (Phi) is 73.3. The third kappa shape index (κ3) is 62.9. The van der Waals surface area contributed by atoms with Gasteiger partial charge in [0.05, 0.1) is 80.1 Å². The number of carbonyl (C=O) groups excluding carboxylic acids is 6. The highest BCUT2D eigenvalue weighted by Gasteiger charge is 2.26. The number of H-pyrrole nitrogens is 3. The number of esters is 4. The summed E-state index contributed by atoms with van der Waals surface area (Å²) in [5.74, 6) is 2.58. The van der Waals surface area contributed by atoms with Gasteiger partial charge in [-0.3, -0.25) is 71.7 Å². The van der Waals surface area contributed by atoms with Gasteiger partial charge in [0.25, 0.3) is 11.1 Å². The molecule has 5 aromatic heterocycles. The van der Waals surface area contributed by atoms with Gasteiger partial charge in [0, 0.05) is 287 Å². The van der Waals surface area contributed by atoms with E-state index in [4.69, 9.17) is 99.6 Å². The number of nitrogen functional groups attached to an aromatic ring is 5. The van der Waals surface area contributed by atoms with Crippen LogP contribution in [0.2, 0.25) is 0 Å². The number of anilines is 7. The number of fused-ring (bicyclic) bond motifs is 5. The summed E-state index contributed by atoms with van der Waals surface area (Å²) < 4.78 is 23.9. The monoisotopic (exact) mass is 2490 g/mol. The number of amides is 2. The molecule has 0 atom stereocenters. The fourth-order valence-corrected chi connectivity index (χ4v) is 31.9. The number of nitrogens with two attached hydrogens (primary N) is 6. The first kappa shape index (κ1) is 142. The van der Waals surface area contributed by atoms with Gasteiger partial charge in [0.1, 0.15) is 34.2 Å². The van der Waals surface area contributed by atoms with Crippen molar-refractivity contribution in [3.63, 3.8) is 0 Å². The molecule has 0 bridgehead atoms. The number of aliphatic hydroxyl groups is 2. The van der Waals surface area contributed by atoms with E-state index in [1.54, 1.807) is 204 Å². The minimum absolute atomic E-state index is 0. The molecular weight excluding hydrogens is 2360 g/mol. The molecule has 32 nitrogen and oxygen atoms in total. The summed E-state index contributed by atoms with van der Waals surface area (Å²) in [5, 5.41) is 27.6. The number of carbonyl (C=O) groups is 6. The number of aliphatic hydroxyl groups excluding tert-OH is 2. The first-order chi connectivity index (χ1) is 69.5. The molecule has 0 radical (unpaired) electrons. The second-order valence-corrected chi connectivity index (χ2v) is 55.0. The molecule has 2 amide bonds. The number of rotatable bonds is 19. The second kappa shape index (κ2) is 76.7. The van der Waals surface area contributed by atoms with E-state index >= 15 is 0 Å². The average molecular weight is 2490 g/mol. The molecule has 816 valence electrons. The number of benzene rings is 6. The number of alkyl halides is 3. The zero-order chi connectivity index (χ0) is 113. The zero-order valence-electron chi connectivity index (χ0n) is 84.8. The number of aromatic nitrogens is 5. The van der Waals surface area contributed by atoms with Crippen molar-refractivity contribution in [3.05, 3.63) is 225 Å². The minimum Gasteiger partial charge on any atom is -0.459 e. The Morgan fingerprint density at radius 1 is 0.416 bits per heavy atom. The zero-order valence-corrected chi connectivity index (χ0v) is 103. The molecule has 11 aromatic rings. The minimum atomic E-state index is -0.576. The number of aromatic amines is 3. The second-order valence-electron chi connectivity index (χ2n) is 34.2. The standard InChI is InChI=1S/C15H13ClN2O2.C14H26BrNO4.C14H27NO5.C13H12N2O.C12H11ClN2O2.2C10H10N2O.C6H8N2.C2H7NO.S8.S7.S2.H2S/c1-3-6-18-13-8-11(17-14(19)9-16)4-5-12(13)10(2)7-15(18)20;1-13(2,3)19-11(17)9-16(8-7-15)10-12(18)20-14(4,5)6;1-13(2,3)19-11(17)9-15(7-8-16)10-12(18)20-14(4,5)6;1-3-6-15-12-8-10(14)4-5-11(12)9(2)7-13(15)16;1-7-4-11(16)15-10-5-8(2-3-9(7)10)14-12(17)6-13;2*1-6-4-10(13)12-9-5-7(11)2-3-8(6)9;7-5-2-1-3-6(8)4-5;3-1-2-4;1-3-5-7-8-6-4-2;1-3-5-7-6-4-2;1-2;/h1,4-5,7-8H,6,9H2,2H3,(H,17,19);7-10H2,1-6H3;16H,7-10H2,1-6H3;1,4-5,7-8H,6,14H2,2H3;2-5H,6H2,1H3,(H,14,17)(H,15,16);2*2-5H,11H2,1H3,(H,12,13);1-4H,7-8H2;4H,1-3H2;;;;1H2. The molecule has 19 N–H and O–H groups in total. The number of pyridine rings is 5. The number of ether oxygens (including phenoxy) is 4. The number of aryl methyl sites for hydroxylation is 5. The predicted molar refractivity (Wildman–Crippen MR) is 668 cm³/mol. The molecule has 0 spiro atoms. The van der Waals surface area contributed by atoms with E-state index in [0.29, 0.717) is 69.3 Å². The normalized spacial score (nSPS) is 10.2. The van der Waals surface area contributed by atoms with E-state index in [2.05, 4.69) is 120 Å². The maximum Gasteiger partial charge on any atom is 0.320 e. The molecule has 0 aliphatic heterocycles. The number of halogens is 3. The summed E-state index contributed by atoms with van der Waals surface area (Å²) in [7, 11) is 16.5. The van der Waals surface area contributed by atoms with Crippen LogP contribution in [0.25, 0.3) is 54.5 Å². The van der Waals surface area contributed by atoms with Gasteiger partial charge in [-0.2, -0.15) is 13.5 Å². The summed E-state index contributed by atoms with van der Waals surface area (Å²) in [6.07, 6.45) is 10.6. The van der Waals surface area contributed by atoms with Crippen molar-refractivity contribution in [3.8, 4) is 24.7 Å². The molecular formula is C96H126BrCl2N15O17S18. The molecule has 0 fully saturated rings. The van der Waals surface area contributed by atoms with E-state index < -0.39 is 34.3 Å². The highest BCUT2D eigenvalue weighted by atomic mass is 79.9. The quantitative estimate of drug-likeness (QED) is 0.0118. The van der Waals surface area contributed by atoms with Crippen molar-refractivity contribution in [1.82, 2.24) is 33.9 Å². The molecule has 53 heteroatoms. The number of terminal acetylenes is 2. The number of hydrogen-bond acceptors (Lipinski definition) is 31. The van der Waals surface area contributed by atoms with Crippen LogP contribution < -0.4 is 72.8 Å². The summed E-state index contributed by atoms with van der Waals surface area (Å²) >= 11 is 39.8. The highest BCUT2D eigenvalue weighted by molar-refractivity contribution is 9.09. The Balaban J connectivity index is 0. The Labute approximate surface area is 953 Å². The third-order valence-electron chi connectivity index (χ3n) is 17.4. The van der Waals surface area contributed by atoms with E-state index in [1.807, 2.05) is 131 Å². The van der Waals surface area contributed by atoms with Gasteiger partial charge < -0.3 is 89.1 Å². The SMILES string of the molecule is C#CCn1c(=O)cc(C)c2ccc(N)cc21.C#CCn1c(=O)cc(C)c2ccc(NC(=O)CCl)cc21.CC(C)(C)OC(=O)CN(CCBr)CC(=O)OC(C)(C)C.CC(C)(C)OC(=O)CN(CCO)CC(=O)OC(C)(C)C.Cc1cc(=O)[nH]c2cc(N)ccc12.Cc1cc(=O)[nH]c2cc(N)ccc12.Cc1cc(=O)[nH]c2cc(NC(=O)CCl)ccc12.NCCO.Nc1cccc(N)c1.S.S=S.S=S=S=S=S=S=S.S=S=S=S=S=S=S=S. The van der Waals surface area contributed by atoms with Crippen molar-refractivity contribution in [1.29, 1.82) is 0 Å². The first-order valence-corrected chi connectivity index (χ1v) is 64.3. The van der Waals surface area contributed by atoms with E-state index in [0.717, 1.165) is 71.3 Å². The number of nitrogens with one attached hydrogen (secondary N) is 5. The smallest absolute Gasteiger partial charge is 0.320 e. The van der Waals surface area contributed by atoms with Crippen molar-refractivity contribution in [2.75, 3.05) is 115 Å². The molecule has 6 aromatic carbocycles. The molecule has 5 heterocycles. The van der Waals surface area contributed by atoms with E-state index in [-0.39, 0.29) is 136 Å². The largest absolute Gasteiger partial charge is 0.459 e. The lowest BCUT2D eigenvalue weighted by atomic mass is 10.1. The maximum absolute atomic E-state index is 12.0. The molecule has 11 rings (SSSR count). The van der Waals surface area contributed by atoms with Crippen LogP contribution in [0.3, 0.4) is 0 Å². The molecule has 0 aliphatic carbocycles. The Bertz CT molecular complexity index is 6990. The lowest BCUT2D eigenvalue weighted by molar-refractivity contribution is -0.162. The van der Waals surface area contributed by atoms with Gasteiger partial charge in [-0.1, -0.05) is 64.2 Å². The van der Waals surface area contributed by atoms with Crippen LogP contribution in [-0.2, 0) is 226 Å². The highest BCUT2D eigenvalue weighted by Crippen LogP contribution is 2.25. The molecule has 0 aliphatic rings. The average Bonchev–Trinajstić information content (AvgIpc) is 0.760. The van der Waals surface area contributed by atoms with E-state index in [1.165, 1.54) is 45.0 Å². The van der Waals surface area contributed by atoms with Crippen molar-refractivity contribution >= 4 is 347 Å². The first-order valence-electron chi connectivity index (χ1n) is 43.5. The van der Waals surface area contributed by atoms with Gasteiger partial charge in [0.2, 0.25) is 28.5 Å². The van der Waals surface area contributed by atoms with Gasteiger partial charge in [-0.05, 0) is 224 Å². The maximum atomic E-state index is 12.0. The van der Waals surface area contributed by atoms with Crippen LogP contribution in [0.15, 0.2) is 170 Å². The Morgan fingerprint density at radius 3 is 0.980 bits per heavy atom. The number of nitrogens with zero attached hydrogens (tertiary/aromatic N) is 4. The van der Waals surface area contributed by atoms with Crippen LogP contribution in [0.4, 0.5) is 39.8 Å². The van der Waals surface area contributed by atoms with Gasteiger partial charge in [-0.25, -0.2) is 0 Å². The summed E-state index contributed by atoms with van der Waals surface area (Å²) in [6, 6.07) is 42.2. The van der Waals surface area contributed by atoms with Gasteiger partial charge in [0.15, 0.2) is 0 Å². The predicted octanol–water partition coefficient (Wildman–Crippen LogP) is 11.7. The molecule has 0 saturated carbocycles. The summed E-state index contributed by atoms with van der Waals surface area (Å²) in [5.41, 5.74) is 42.7. The van der Waals surface area contributed by atoms with Crippen LogP contribution in [0.1, 0.15) is 111 Å². The fraction of sp³-hybridized carbons (Fsp3) is 0.365. The number of hydrogen-bond donors (Lipinski definition) is 13. The Morgan fingerprint density at radius 2 is 0.691 bits per heavy atom. The van der Waals surface area contributed by atoms with Crippen molar-refractivity contribution in [2.45, 2.75) is 153 Å². The lowest BCUT2D eigenvalue weighted by Gasteiger charge is -2.25. The molecule has 0 saturated heterocycles. The molecule has 149 heavy (non-hydrogen) atoms. The van der Waals surface area contributed by atoms with Crippen molar-refractivity contribution < 1.29 is 57.9 Å². The van der Waals surface area contributed by atoms with Crippen molar-refractivity contribution in [2.24, 2.45) is 5.73 Å².